The number of fused-ring (bicyclic) bond motifs is 1. The molecule has 1 aliphatic carbocycles. The SMILES string of the molecule is CN(C)c1ccc2[nH]c(C3(C)CCCC3N)nc2n1. The number of anilines is 1. The third-order valence-corrected chi connectivity index (χ3v) is 4.36. The first-order chi connectivity index (χ1) is 9.00. The number of nitrogens with one attached hydrogen (secondary N) is 1. The maximum absolute atomic E-state index is 6.26. The van der Waals surface area contributed by atoms with Gasteiger partial charge in [0.25, 0.3) is 0 Å². The second-order valence-corrected chi connectivity index (χ2v) is 5.94. The molecule has 0 aromatic carbocycles. The second-order valence-electron chi connectivity index (χ2n) is 5.94. The molecule has 0 saturated heterocycles. The maximum Gasteiger partial charge on any atom is 0.179 e. The van der Waals surface area contributed by atoms with Crippen molar-refractivity contribution in [3.63, 3.8) is 0 Å². The molecule has 3 rings (SSSR count). The van der Waals surface area contributed by atoms with Gasteiger partial charge in [-0.05, 0) is 25.0 Å². The van der Waals surface area contributed by atoms with Crippen LogP contribution in [0.25, 0.3) is 11.2 Å². The molecule has 0 amide bonds. The summed E-state index contributed by atoms with van der Waals surface area (Å²) < 4.78 is 0. The average Bonchev–Trinajstić information content (AvgIpc) is 2.94. The Labute approximate surface area is 113 Å². The van der Waals surface area contributed by atoms with Crippen LogP contribution < -0.4 is 10.6 Å². The molecule has 5 heteroatoms. The Morgan fingerprint density at radius 1 is 1.37 bits per heavy atom. The van der Waals surface area contributed by atoms with Crippen LogP contribution in [-0.2, 0) is 5.41 Å². The Morgan fingerprint density at radius 3 is 2.79 bits per heavy atom. The van der Waals surface area contributed by atoms with Crippen LogP contribution in [-0.4, -0.2) is 35.1 Å². The van der Waals surface area contributed by atoms with E-state index in [1.165, 1.54) is 6.42 Å². The van der Waals surface area contributed by atoms with Crippen molar-refractivity contribution in [2.75, 3.05) is 19.0 Å². The largest absolute Gasteiger partial charge is 0.363 e. The Balaban J connectivity index is 2.06. The quantitative estimate of drug-likeness (QED) is 0.862. The van der Waals surface area contributed by atoms with Gasteiger partial charge >= 0.3 is 0 Å². The van der Waals surface area contributed by atoms with E-state index in [2.05, 4.69) is 21.9 Å². The maximum atomic E-state index is 6.26. The van der Waals surface area contributed by atoms with E-state index < -0.39 is 0 Å². The van der Waals surface area contributed by atoms with E-state index in [1.807, 2.05) is 31.1 Å². The molecule has 2 heterocycles. The Hall–Kier alpha value is -1.62. The number of pyridine rings is 1. The molecule has 0 bridgehead atoms. The van der Waals surface area contributed by atoms with Gasteiger partial charge in [0.05, 0.1) is 5.52 Å². The van der Waals surface area contributed by atoms with Crippen molar-refractivity contribution in [3.05, 3.63) is 18.0 Å². The molecule has 2 unspecified atom stereocenters. The van der Waals surface area contributed by atoms with Crippen molar-refractivity contribution in [1.82, 2.24) is 15.0 Å². The summed E-state index contributed by atoms with van der Waals surface area (Å²) in [5.74, 6) is 1.90. The first-order valence-corrected chi connectivity index (χ1v) is 6.81. The lowest BCUT2D eigenvalue weighted by Crippen LogP contribution is -2.39. The second kappa shape index (κ2) is 4.20. The van der Waals surface area contributed by atoms with E-state index >= 15 is 0 Å². The summed E-state index contributed by atoms with van der Waals surface area (Å²) in [5, 5.41) is 0. The van der Waals surface area contributed by atoms with Gasteiger partial charge in [0.1, 0.15) is 11.6 Å². The number of rotatable bonds is 2. The normalized spacial score (nSPS) is 27.1. The van der Waals surface area contributed by atoms with Crippen LogP contribution in [0.5, 0.6) is 0 Å². The molecule has 2 aromatic rings. The molecule has 1 aliphatic rings. The molecule has 0 aliphatic heterocycles. The van der Waals surface area contributed by atoms with Gasteiger partial charge in [-0.1, -0.05) is 13.3 Å². The highest BCUT2D eigenvalue weighted by Crippen LogP contribution is 2.38. The first-order valence-electron chi connectivity index (χ1n) is 6.81. The van der Waals surface area contributed by atoms with Crippen LogP contribution in [0.1, 0.15) is 32.0 Å². The minimum Gasteiger partial charge on any atom is -0.363 e. The fourth-order valence-electron chi connectivity index (χ4n) is 2.89. The number of hydrogen-bond donors (Lipinski definition) is 2. The van der Waals surface area contributed by atoms with E-state index in [9.17, 15) is 0 Å². The zero-order chi connectivity index (χ0) is 13.6. The molecule has 1 saturated carbocycles. The molecular formula is C14H21N5. The Morgan fingerprint density at radius 2 is 2.16 bits per heavy atom. The van der Waals surface area contributed by atoms with Crippen molar-refractivity contribution in [3.8, 4) is 0 Å². The number of nitrogens with two attached hydrogens (primary N) is 1. The van der Waals surface area contributed by atoms with Gasteiger partial charge in [0.2, 0.25) is 0 Å². The van der Waals surface area contributed by atoms with Gasteiger partial charge < -0.3 is 15.6 Å². The molecule has 102 valence electrons. The predicted molar refractivity (Wildman–Crippen MR) is 77.4 cm³/mol. The molecule has 3 N–H and O–H groups in total. The fraction of sp³-hybridized carbons (Fsp3) is 0.571. The monoisotopic (exact) mass is 259 g/mol. The predicted octanol–water partition coefficient (Wildman–Crippen LogP) is 1.79. The fourth-order valence-corrected chi connectivity index (χ4v) is 2.89. The summed E-state index contributed by atoms with van der Waals surface area (Å²) in [6.07, 6.45) is 3.34. The van der Waals surface area contributed by atoms with Gasteiger partial charge in [0, 0.05) is 25.6 Å². The van der Waals surface area contributed by atoms with Crippen molar-refractivity contribution in [1.29, 1.82) is 0 Å². The minimum atomic E-state index is -0.0427. The molecule has 1 fully saturated rings. The molecule has 2 atom stereocenters. The van der Waals surface area contributed by atoms with E-state index in [1.54, 1.807) is 0 Å². The molecular weight excluding hydrogens is 238 g/mol. The molecule has 0 radical (unpaired) electrons. The lowest BCUT2D eigenvalue weighted by Gasteiger charge is -2.26. The van der Waals surface area contributed by atoms with Crippen LogP contribution in [0.2, 0.25) is 0 Å². The number of hydrogen-bond acceptors (Lipinski definition) is 4. The zero-order valence-corrected chi connectivity index (χ0v) is 11.8. The van der Waals surface area contributed by atoms with Crippen LogP contribution in [0.3, 0.4) is 0 Å². The number of aromatic amines is 1. The lowest BCUT2D eigenvalue weighted by atomic mass is 9.84. The van der Waals surface area contributed by atoms with Gasteiger partial charge in [-0.2, -0.15) is 0 Å². The first kappa shape index (κ1) is 12.4. The van der Waals surface area contributed by atoms with Crippen molar-refractivity contribution in [2.45, 2.75) is 37.6 Å². The minimum absolute atomic E-state index is 0.0427. The molecule has 5 nitrogen and oxygen atoms in total. The van der Waals surface area contributed by atoms with Crippen molar-refractivity contribution < 1.29 is 0 Å². The molecule has 0 spiro atoms. The molecule has 19 heavy (non-hydrogen) atoms. The molecule has 2 aromatic heterocycles. The third-order valence-electron chi connectivity index (χ3n) is 4.36. The smallest absolute Gasteiger partial charge is 0.179 e. The van der Waals surface area contributed by atoms with Gasteiger partial charge in [-0.3, -0.25) is 0 Å². The van der Waals surface area contributed by atoms with Crippen LogP contribution in [0.4, 0.5) is 5.82 Å². The highest BCUT2D eigenvalue weighted by atomic mass is 15.2. The number of imidazole rings is 1. The lowest BCUT2D eigenvalue weighted by molar-refractivity contribution is 0.409. The third kappa shape index (κ3) is 1.89. The summed E-state index contributed by atoms with van der Waals surface area (Å²) in [5.41, 5.74) is 7.98. The Bertz CT molecular complexity index is 603. The van der Waals surface area contributed by atoms with Crippen LogP contribution in [0, 0.1) is 0 Å². The average molecular weight is 259 g/mol. The van der Waals surface area contributed by atoms with Crippen LogP contribution in [0.15, 0.2) is 12.1 Å². The summed E-state index contributed by atoms with van der Waals surface area (Å²) in [6.45, 7) is 2.20. The van der Waals surface area contributed by atoms with Crippen molar-refractivity contribution >= 4 is 17.0 Å². The van der Waals surface area contributed by atoms with E-state index in [-0.39, 0.29) is 11.5 Å². The standard InChI is InChI=1S/C14H21N5/c1-14(8-4-5-10(14)15)13-16-9-6-7-11(19(2)3)17-12(9)18-13/h6-7,10H,4-5,8,15H2,1-3H3,(H,16,17,18). The topological polar surface area (TPSA) is 70.8 Å². The number of nitrogens with zero attached hydrogens (tertiary/aromatic N) is 3. The van der Waals surface area contributed by atoms with Gasteiger partial charge in [-0.15, -0.1) is 0 Å². The van der Waals surface area contributed by atoms with Gasteiger partial charge in [-0.25, -0.2) is 9.97 Å². The summed E-state index contributed by atoms with van der Waals surface area (Å²) in [6, 6.07) is 4.22. The van der Waals surface area contributed by atoms with Crippen LogP contribution >= 0.6 is 0 Å². The van der Waals surface area contributed by atoms with E-state index in [4.69, 9.17) is 5.73 Å². The van der Waals surface area contributed by atoms with Gasteiger partial charge in [0.15, 0.2) is 5.65 Å². The van der Waals surface area contributed by atoms with Crippen molar-refractivity contribution in [2.24, 2.45) is 5.73 Å². The number of H-pyrrole nitrogens is 1. The Kier molecular flexibility index (Phi) is 2.74. The summed E-state index contributed by atoms with van der Waals surface area (Å²) in [4.78, 5) is 14.6. The highest BCUT2D eigenvalue weighted by molar-refractivity contribution is 5.73. The number of aromatic nitrogens is 3. The summed E-state index contributed by atoms with van der Waals surface area (Å²) >= 11 is 0. The summed E-state index contributed by atoms with van der Waals surface area (Å²) in [7, 11) is 3.96. The highest BCUT2D eigenvalue weighted by Gasteiger charge is 2.40. The van der Waals surface area contributed by atoms with E-state index in [0.717, 1.165) is 35.6 Å². The van der Waals surface area contributed by atoms with E-state index in [0.29, 0.717) is 0 Å². The zero-order valence-electron chi connectivity index (χ0n) is 11.8.